The van der Waals surface area contributed by atoms with Gasteiger partial charge in [0.15, 0.2) is 5.60 Å². The minimum absolute atomic E-state index is 0.0857. The number of carbonyl (C=O) groups is 2. The fourth-order valence-electron chi connectivity index (χ4n) is 3.36. The zero-order valence-corrected chi connectivity index (χ0v) is 13.6. The maximum Gasteiger partial charge on any atom is 0.331 e. The molecule has 1 aliphatic rings. The van der Waals surface area contributed by atoms with Crippen molar-refractivity contribution in [1.82, 2.24) is 0 Å². The summed E-state index contributed by atoms with van der Waals surface area (Å²) in [4.78, 5) is 23.8. The Morgan fingerprint density at radius 3 is 2.21 bits per heavy atom. The normalized spacial score (nSPS) is 20.6. The van der Waals surface area contributed by atoms with E-state index >= 15 is 0 Å². The molecule has 122 valence electrons. The summed E-state index contributed by atoms with van der Waals surface area (Å²) in [6.45, 7) is 1.58. The lowest BCUT2D eigenvalue weighted by atomic mass is 9.75. The Morgan fingerprint density at radius 1 is 1.04 bits per heavy atom. The van der Waals surface area contributed by atoms with Crippen molar-refractivity contribution in [3.05, 3.63) is 83.9 Å². The molecule has 0 saturated heterocycles. The first-order valence-electron chi connectivity index (χ1n) is 8.11. The van der Waals surface area contributed by atoms with Crippen LogP contribution in [0.15, 0.2) is 72.8 Å². The second-order valence-corrected chi connectivity index (χ2v) is 6.21. The molecule has 0 aliphatic carbocycles. The van der Waals surface area contributed by atoms with Gasteiger partial charge in [0.05, 0.1) is 0 Å². The molecule has 0 spiro atoms. The van der Waals surface area contributed by atoms with E-state index < -0.39 is 5.60 Å². The topological polar surface area (TPSA) is 43.4 Å². The van der Waals surface area contributed by atoms with Gasteiger partial charge in [0.25, 0.3) is 0 Å². The Labute approximate surface area is 142 Å². The number of Topliss-reactive ketones (excluding diaryl/α,β-unsaturated/α-hetero) is 1. The Kier molecular flexibility index (Phi) is 4.61. The summed E-state index contributed by atoms with van der Waals surface area (Å²) in [5.74, 6) is -0.425. The van der Waals surface area contributed by atoms with Crippen LogP contribution < -0.4 is 0 Å². The molecule has 0 aromatic heterocycles. The highest BCUT2D eigenvalue weighted by atomic mass is 16.6. The van der Waals surface area contributed by atoms with Crippen molar-refractivity contribution in [2.24, 2.45) is 5.92 Å². The summed E-state index contributed by atoms with van der Waals surface area (Å²) in [7, 11) is 0. The molecule has 0 fully saturated rings. The van der Waals surface area contributed by atoms with Gasteiger partial charge < -0.3 is 9.53 Å². The zero-order valence-electron chi connectivity index (χ0n) is 13.6. The first kappa shape index (κ1) is 16.2. The number of benzene rings is 2. The van der Waals surface area contributed by atoms with Crippen LogP contribution in [0.4, 0.5) is 0 Å². The Bertz CT molecular complexity index is 749. The summed E-state index contributed by atoms with van der Waals surface area (Å²) in [5.41, 5.74) is 1.13. The van der Waals surface area contributed by atoms with Crippen LogP contribution in [0.2, 0.25) is 0 Å². The van der Waals surface area contributed by atoms with Gasteiger partial charge >= 0.3 is 5.97 Å². The number of carbonyl (C=O) groups excluding carboxylic acids is 2. The minimum Gasteiger partial charge on any atom is -0.446 e. The lowest BCUT2D eigenvalue weighted by Gasteiger charge is -2.35. The van der Waals surface area contributed by atoms with E-state index in [0.29, 0.717) is 12.8 Å². The van der Waals surface area contributed by atoms with Crippen molar-refractivity contribution < 1.29 is 14.3 Å². The molecule has 2 aromatic rings. The highest BCUT2D eigenvalue weighted by molar-refractivity contribution is 5.86. The molecule has 2 aromatic carbocycles. The third-order valence-corrected chi connectivity index (χ3v) is 4.43. The van der Waals surface area contributed by atoms with Crippen LogP contribution in [-0.4, -0.2) is 11.8 Å². The molecule has 24 heavy (non-hydrogen) atoms. The Morgan fingerprint density at radius 2 is 1.67 bits per heavy atom. The maximum atomic E-state index is 11.9. The molecule has 0 saturated carbocycles. The monoisotopic (exact) mass is 320 g/mol. The molecule has 0 radical (unpaired) electrons. The minimum atomic E-state index is -0.889. The third-order valence-electron chi connectivity index (χ3n) is 4.43. The maximum absolute atomic E-state index is 11.9. The summed E-state index contributed by atoms with van der Waals surface area (Å²) in [5, 5.41) is 0. The smallest absolute Gasteiger partial charge is 0.331 e. The first-order chi connectivity index (χ1) is 11.6. The Hall–Kier alpha value is -2.68. The predicted molar refractivity (Wildman–Crippen MR) is 92.3 cm³/mol. The van der Waals surface area contributed by atoms with E-state index in [-0.39, 0.29) is 17.7 Å². The first-order valence-corrected chi connectivity index (χ1v) is 8.11. The fraction of sp³-hybridized carbons (Fsp3) is 0.238. The van der Waals surface area contributed by atoms with Crippen molar-refractivity contribution in [1.29, 1.82) is 0 Å². The number of rotatable bonds is 6. The average Bonchev–Trinajstić information content (AvgIpc) is 2.99. The number of cyclic esters (lactones) is 1. The predicted octanol–water partition coefficient (Wildman–Crippen LogP) is 3.83. The van der Waals surface area contributed by atoms with Crippen LogP contribution in [0, 0.1) is 5.92 Å². The highest BCUT2D eigenvalue weighted by Crippen LogP contribution is 2.42. The number of hydrogen-bond donors (Lipinski definition) is 0. The molecule has 1 aliphatic heterocycles. The fourth-order valence-corrected chi connectivity index (χ4v) is 3.36. The molecular weight excluding hydrogens is 300 g/mol. The van der Waals surface area contributed by atoms with E-state index in [2.05, 4.69) is 0 Å². The summed E-state index contributed by atoms with van der Waals surface area (Å²) in [6, 6.07) is 19.6. The zero-order chi connectivity index (χ0) is 17.0. The van der Waals surface area contributed by atoms with Crippen LogP contribution in [0.25, 0.3) is 0 Å². The summed E-state index contributed by atoms with van der Waals surface area (Å²) < 4.78 is 5.77. The van der Waals surface area contributed by atoms with Gasteiger partial charge in [0.1, 0.15) is 5.78 Å². The van der Waals surface area contributed by atoms with Gasteiger partial charge in [-0.05, 0) is 30.5 Å². The SMILES string of the molecule is CC(=O)C[C@@H](Cc1ccccc1)[C@]1(c2ccccc2)C=CC(=O)O1. The molecule has 3 heteroatoms. The van der Waals surface area contributed by atoms with Crippen LogP contribution in [0.1, 0.15) is 24.5 Å². The number of ether oxygens (including phenoxy) is 1. The largest absolute Gasteiger partial charge is 0.446 e. The molecule has 3 nitrogen and oxygen atoms in total. The van der Waals surface area contributed by atoms with Crippen molar-refractivity contribution >= 4 is 11.8 Å². The van der Waals surface area contributed by atoms with E-state index in [1.165, 1.54) is 6.08 Å². The van der Waals surface area contributed by atoms with E-state index in [9.17, 15) is 9.59 Å². The molecule has 0 N–H and O–H groups in total. The van der Waals surface area contributed by atoms with E-state index in [0.717, 1.165) is 11.1 Å². The number of esters is 1. The van der Waals surface area contributed by atoms with Crippen molar-refractivity contribution in [3.8, 4) is 0 Å². The van der Waals surface area contributed by atoms with E-state index in [4.69, 9.17) is 4.74 Å². The second-order valence-electron chi connectivity index (χ2n) is 6.21. The van der Waals surface area contributed by atoms with Crippen LogP contribution in [-0.2, 0) is 26.3 Å². The molecule has 0 unspecified atom stereocenters. The third kappa shape index (κ3) is 3.30. The molecule has 1 heterocycles. The lowest BCUT2D eigenvalue weighted by Crippen LogP contribution is -2.37. The van der Waals surface area contributed by atoms with Gasteiger partial charge in [-0.25, -0.2) is 4.79 Å². The standard InChI is InChI=1S/C21H20O3/c1-16(22)14-19(15-17-8-4-2-5-9-17)21(13-12-20(23)24-21)18-10-6-3-7-11-18/h2-13,19H,14-15H2,1H3/t19-,21+/m0/s1. The molecule has 3 rings (SSSR count). The van der Waals surface area contributed by atoms with Crippen LogP contribution in [0.3, 0.4) is 0 Å². The lowest BCUT2D eigenvalue weighted by molar-refractivity contribution is -0.152. The number of hydrogen-bond acceptors (Lipinski definition) is 3. The summed E-state index contributed by atoms with van der Waals surface area (Å²) >= 11 is 0. The molecule has 0 amide bonds. The highest BCUT2D eigenvalue weighted by Gasteiger charge is 2.45. The van der Waals surface area contributed by atoms with E-state index in [1.54, 1.807) is 13.0 Å². The van der Waals surface area contributed by atoms with Gasteiger partial charge in [-0.1, -0.05) is 60.7 Å². The van der Waals surface area contributed by atoms with Gasteiger partial charge in [0.2, 0.25) is 0 Å². The summed E-state index contributed by atoms with van der Waals surface area (Å²) in [6.07, 6.45) is 4.28. The Balaban J connectivity index is 2.03. The van der Waals surface area contributed by atoms with Gasteiger partial charge in [-0.2, -0.15) is 0 Å². The van der Waals surface area contributed by atoms with Gasteiger partial charge in [-0.15, -0.1) is 0 Å². The number of ketones is 1. The van der Waals surface area contributed by atoms with Gasteiger partial charge in [-0.3, -0.25) is 0 Å². The van der Waals surface area contributed by atoms with E-state index in [1.807, 2.05) is 60.7 Å². The second kappa shape index (κ2) is 6.83. The van der Waals surface area contributed by atoms with Crippen molar-refractivity contribution in [3.63, 3.8) is 0 Å². The molecular formula is C21H20O3. The molecule has 0 bridgehead atoms. The van der Waals surface area contributed by atoms with Crippen molar-refractivity contribution in [2.45, 2.75) is 25.4 Å². The quantitative estimate of drug-likeness (QED) is 0.760. The van der Waals surface area contributed by atoms with Crippen molar-refractivity contribution in [2.75, 3.05) is 0 Å². The molecule has 2 atom stereocenters. The van der Waals surface area contributed by atoms with Gasteiger partial charge in [0, 0.05) is 18.4 Å². The van der Waals surface area contributed by atoms with Crippen LogP contribution >= 0.6 is 0 Å². The average molecular weight is 320 g/mol. The van der Waals surface area contributed by atoms with Crippen LogP contribution in [0.5, 0.6) is 0 Å².